The van der Waals surface area contributed by atoms with Crippen molar-refractivity contribution in [2.24, 2.45) is 10.9 Å². The van der Waals surface area contributed by atoms with E-state index in [-0.39, 0.29) is 23.1 Å². The number of esters is 1. The second-order valence-corrected chi connectivity index (χ2v) is 6.08. The number of nitrogens with zero attached hydrogens (tertiary/aromatic N) is 1. The van der Waals surface area contributed by atoms with Crippen LogP contribution in [0.5, 0.6) is 0 Å². The minimum atomic E-state index is -3.40. The van der Waals surface area contributed by atoms with Crippen molar-refractivity contribution in [3.8, 4) is 0 Å². The Bertz CT molecular complexity index is 540. The van der Waals surface area contributed by atoms with E-state index in [4.69, 9.17) is 4.74 Å². The van der Waals surface area contributed by atoms with Gasteiger partial charge in [0.1, 0.15) is 0 Å². The van der Waals surface area contributed by atoms with Gasteiger partial charge in [-0.3, -0.25) is 0 Å². The molecule has 0 aromatic heterocycles. The number of carbonyl (C=O) groups is 1. The van der Waals surface area contributed by atoms with Gasteiger partial charge >= 0.3 is 5.97 Å². The van der Waals surface area contributed by atoms with E-state index >= 15 is 0 Å². The molecule has 0 radical (unpaired) electrons. The van der Waals surface area contributed by atoms with Gasteiger partial charge in [0.25, 0.3) is 0 Å². The molecule has 0 saturated heterocycles. The van der Waals surface area contributed by atoms with E-state index in [1.807, 2.05) is 6.92 Å². The summed E-state index contributed by atoms with van der Waals surface area (Å²) >= 11 is 0. The highest BCUT2D eigenvalue weighted by molar-refractivity contribution is 7.94. The molecule has 6 heteroatoms. The molecule has 0 spiro atoms. The Morgan fingerprint density at radius 3 is 2.61 bits per heavy atom. The number of aliphatic imine (C=N–C) groups is 1. The monoisotopic (exact) mass is 271 g/mol. The predicted octanol–water partition coefficient (Wildman–Crippen LogP) is 1.47. The van der Waals surface area contributed by atoms with Crippen molar-refractivity contribution >= 4 is 22.0 Å². The van der Waals surface area contributed by atoms with Gasteiger partial charge in [-0.1, -0.05) is 13.0 Å². The van der Waals surface area contributed by atoms with Gasteiger partial charge in [0.05, 0.1) is 12.2 Å². The average Bonchev–Trinajstić information content (AvgIpc) is 2.39. The Balaban J connectivity index is 3.18. The third-order valence-corrected chi connectivity index (χ3v) is 3.76. The molecule has 0 aromatic rings. The van der Waals surface area contributed by atoms with Crippen molar-refractivity contribution in [3.63, 3.8) is 0 Å². The van der Waals surface area contributed by atoms with Crippen LogP contribution in [-0.2, 0) is 19.4 Å². The molecule has 5 nitrogen and oxygen atoms in total. The molecule has 1 heterocycles. The first-order chi connectivity index (χ1) is 8.27. The lowest BCUT2D eigenvalue weighted by atomic mass is 10.0. The second-order valence-electron chi connectivity index (χ2n) is 4.15. The van der Waals surface area contributed by atoms with Gasteiger partial charge in [-0.2, -0.15) is 0 Å². The van der Waals surface area contributed by atoms with Crippen molar-refractivity contribution in [1.82, 2.24) is 0 Å². The normalized spacial score (nSPS) is 20.4. The molecule has 1 rings (SSSR count). The second kappa shape index (κ2) is 5.48. The molecule has 18 heavy (non-hydrogen) atoms. The quantitative estimate of drug-likeness (QED) is 0.729. The summed E-state index contributed by atoms with van der Waals surface area (Å²) in [6.07, 6.45) is 4.02. The van der Waals surface area contributed by atoms with E-state index in [1.54, 1.807) is 19.9 Å². The van der Waals surface area contributed by atoms with E-state index < -0.39 is 15.8 Å². The lowest BCUT2D eigenvalue weighted by Gasteiger charge is -2.08. The van der Waals surface area contributed by atoms with Gasteiger partial charge in [-0.05, 0) is 25.3 Å². The number of rotatable bonds is 3. The zero-order chi connectivity index (χ0) is 13.9. The molecule has 1 unspecified atom stereocenters. The SMILES string of the molecule is CCOC(=O)C1=CC(C)C(C)=C(S(C)(=O)=O)N=C1. The molecule has 1 aliphatic rings. The van der Waals surface area contributed by atoms with Crippen LogP contribution in [0.25, 0.3) is 0 Å². The van der Waals surface area contributed by atoms with Gasteiger partial charge in [-0.25, -0.2) is 18.2 Å². The standard InChI is InChI=1S/C12H17NO4S/c1-5-17-12(14)10-6-8(2)9(3)11(13-7-10)18(4,15)16/h6-8H,5H2,1-4H3. The van der Waals surface area contributed by atoms with Crippen LogP contribution in [0.3, 0.4) is 0 Å². The van der Waals surface area contributed by atoms with Crippen molar-refractivity contribution in [3.05, 3.63) is 22.3 Å². The van der Waals surface area contributed by atoms with E-state index in [9.17, 15) is 13.2 Å². The fourth-order valence-corrected chi connectivity index (χ4v) is 2.60. The van der Waals surface area contributed by atoms with E-state index in [2.05, 4.69) is 4.99 Å². The Morgan fingerprint density at radius 1 is 1.50 bits per heavy atom. The van der Waals surface area contributed by atoms with Crippen LogP contribution in [0, 0.1) is 5.92 Å². The largest absolute Gasteiger partial charge is 0.462 e. The molecular formula is C12H17NO4S. The number of sulfone groups is 1. The van der Waals surface area contributed by atoms with Gasteiger partial charge in [-0.15, -0.1) is 0 Å². The Labute approximate surface area is 107 Å². The van der Waals surface area contributed by atoms with Crippen LogP contribution in [-0.4, -0.2) is 33.5 Å². The summed E-state index contributed by atoms with van der Waals surface area (Å²) in [5, 5.41) is 0.0190. The highest BCUT2D eigenvalue weighted by atomic mass is 32.2. The number of hydrogen-bond acceptors (Lipinski definition) is 5. The van der Waals surface area contributed by atoms with Gasteiger partial charge in [0.2, 0.25) is 0 Å². The summed E-state index contributed by atoms with van der Waals surface area (Å²) in [7, 11) is -3.40. The van der Waals surface area contributed by atoms with E-state index in [0.29, 0.717) is 5.57 Å². The highest BCUT2D eigenvalue weighted by Gasteiger charge is 2.21. The number of hydrogen-bond donors (Lipinski definition) is 0. The van der Waals surface area contributed by atoms with Crippen molar-refractivity contribution < 1.29 is 17.9 Å². The maximum Gasteiger partial charge on any atom is 0.339 e. The summed E-state index contributed by atoms with van der Waals surface area (Å²) < 4.78 is 28.0. The third-order valence-electron chi connectivity index (χ3n) is 2.63. The van der Waals surface area contributed by atoms with Crippen molar-refractivity contribution in [2.45, 2.75) is 20.8 Å². The Hall–Kier alpha value is -1.43. The molecule has 0 bridgehead atoms. The lowest BCUT2D eigenvalue weighted by Crippen LogP contribution is -2.09. The van der Waals surface area contributed by atoms with Crippen LogP contribution in [0.15, 0.2) is 27.2 Å². The zero-order valence-electron chi connectivity index (χ0n) is 10.9. The fraction of sp³-hybridized carbons (Fsp3) is 0.500. The smallest absolute Gasteiger partial charge is 0.339 e. The number of ether oxygens (including phenoxy) is 1. The molecular weight excluding hydrogens is 254 g/mol. The fourth-order valence-electron chi connectivity index (χ4n) is 1.59. The maximum atomic E-state index is 11.6. The first-order valence-corrected chi connectivity index (χ1v) is 7.50. The summed E-state index contributed by atoms with van der Waals surface area (Å²) in [5.74, 6) is -0.674. The molecule has 0 saturated carbocycles. The summed E-state index contributed by atoms with van der Waals surface area (Å²) in [5.41, 5.74) is 0.899. The lowest BCUT2D eigenvalue weighted by molar-refractivity contribution is -0.137. The number of carbonyl (C=O) groups excluding carboxylic acids is 1. The molecule has 0 amide bonds. The summed E-state index contributed by atoms with van der Waals surface area (Å²) in [4.78, 5) is 15.5. The van der Waals surface area contributed by atoms with E-state index in [1.165, 1.54) is 6.21 Å². The first-order valence-electron chi connectivity index (χ1n) is 5.61. The van der Waals surface area contributed by atoms with Gasteiger partial charge in [0, 0.05) is 12.5 Å². The molecule has 1 atom stereocenters. The Kier molecular flexibility index (Phi) is 4.45. The zero-order valence-corrected chi connectivity index (χ0v) is 11.7. The minimum absolute atomic E-state index is 0.0190. The van der Waals surface area contributed by atoms with Crippen LogP contribution >= 0.6 is 0 Å². The molecule has 0 aromatic carbocycles. The van der Waals surface area contributed by atoms with Crippen LogP contribution in [0.1, 0.15) is 20.8 Å². The predicted molar refractivity (Wildman–Crippen MR) is 69.9 cm³/mol. The molecule has 1 aliphatic heterocycles. The molecule has 0 fully saturated rings. The molecule has 0 N–H and O–H groups in total. The summed E-state index contributed by atoms with van der Waals surface area (Å²) in [6, 6.07) is 0. The van der Waals surface area contributed by atoms with Crippen LogP contribution < -0.4 is 0 Å². The van der Waals surface area contributed by atoms with Crippen molar-refractivity contribution in [2.75, 3.05) is 12.9 Å². The third kappa shape index (κ3) is 3.29. The molecule has 0 aliphatic carbocycles. The molecule has 100 valence electrons. The maximum absolute atomic E-state index is 11.6. The van der Waals surface area contributed by atoms with Gasteiger partial charge in [0.15, 0.2) is 14.9 Å². The highest BCUT2D eigenvalue weighted by Crippen LogP contribution is 2.24. The summed E-state index contributed by atoms with van der Waals surface area (Å²) in [6.45, 7) is 5.49. The van der Waals surface area contributed by atoms with Gasteiger partial charge < -0.3 is 4.74 Å². The minimum Gasteiger partial charge on any atom is -0.462 e. The Morgan fingerprint density at radius 2 is 2.11 bits per heavy atom. The van der Waals surface area contributed by atoms with Crippen LogP contribution in [0.2, 0.25) is 0 Å². The van der Waals surface area contributed by atoms with E-state index in [0.717, 1.165) is 6.26 Å². The van der Waals surface area contributed by atoms with Crippen molar-refractivity contribution in [1.29, 1.82) is 0 Å². The van der Waals surface area contributed by atoms with Crippen LogP contribution in [0.4, 0.5) is 0 Å². The average molecular weight is 271 g/mol. The topological polar surface area (TPSA) is 72.8 Å². The first kappa shape index (κ1) is 14.6. The number of allylic oxidation sites excluding steroid dienone is 2.